The summed E-state index contributed by atoms with van der Waals surface area (Å²) < 4.78 is 10.8. The van der Waals surface area contributed by atoms with E-state index in [-0.39, 0.29) is 6.10 Å². The minimum absolute atomic E-state index is 0.215. The van der Waals surface area contributed by atoms with Crippen LogP contribution in [0, 0.1) is 0 Å². The predicted molar refractivity (Wildman–Crippen MR) is 86.9 cm³/mol. The topological polar surface area (TPSA) is 50.7 Å². The first-order valence-electron chi connectivity index (χ1n) is 7.71. The molecule has 21 heavy (non-hydrogen) atoms. The van der Waals surface area contributed by atoms with E-state index in [4.69, 9.17) is 9.47 Å². The molecule has 0 bridgehead atoms. The quantitative estimate of drug-likeness (QED) is 0.652. The summed E-state index contributed by atoms with van der Waals surface area (Å²) in [7, 11) is 0. The summed E-state index contributed by atoms with van der Waals surface area (Å²) >= 11 is 0. The minimum Gasteiger partial charge on any atom is -0.389 e. The fourth-order valence-electron chi connectivity index (χ4n) is 2.01. The van der Waals surface area contributed by atoms with Crippen LogP contribution < -0.4 is 5.32 Å². The second-order valence-corrected chi connectivity index (χ2v) is 5.77. The third-order valence-corrected chi connectivity index (χ3v) is 3.10. The van der Waals surface area contributed by atoms with Gasteiger partial charge in [0.15, 0.2) is 0 Å². The van der Waals surface area contributed by atoms with E-state index in [2.05, 4.69) is 25.2 Å². The molecule has 4 nitrogen and oxygen atoms in total. The molecule has 1 aromatic carbocycles. The van der Waals surface area contributed by atoms with Gasteiger partial charge < -0.3 is 19.9 Å². The van der Waals surface area contributed by atoms with Crippen molar-refractivity contribution in [1.82, 2.24) is 0 Å². The van der Waals surface area contributed by atoms with Crippen molar-refractivity contribution in [1.29, 1.82) is 0 Å². The van der Waals surface area contributed by atoms with Gasteiger partial charge in [-0.2, -0.15) is 0 Å². The number of nitrogens with one attached hydrogen (secondary N) is 1. The van der Waals surface area contributed by atoms with E-state index >= 15 is 0 Å². The monoisotopic (exact) mass is 295 g/mol. The van der Waals surface area contributed by atoms with Crippen molar-refractivity contribution in [2.75, 3.05) is 31.7 Å². The number of aliphatic hydroxyl groups excluding tert-OH is 1. The van der Waals surface area contributed by atoms with Gasteiger partial charge in [-0.1, -0.05) is 32.0 Å². The zero-order valence-electron chi connectivity index (χ0n) is 13.6. The van der Waals surface area contributed by atoms with Crippen LogP contribution in [-0.4, -0.2) is 43.7 Å². The Hall–Kier alpha value is -1.10. The van der Waals surface area contributed by atoms with Crippen LogP contribution in [0.4, 0.5) is 5.69 Å². The largest absolute Gasteiger partial charge is 0.389 e. The van der Waals surface area contributed by atoms with Crippen LogP contribution in [-0.2, 0) is 9.47 Å². The maximum absolute atomic E-state index is 9.92. The average Bonchev–Trinajstić information content (AvgIpc) is 2.44. The number of hydrogen-bond acceptors (Lipinski definition) is 4. The summed E-state index contributed by atoms with van der Waals surface area (Å²) in [6.45, 7) is 10.2. The van der Waals surface area contributed by atoms with E-state index in [1.807, 2.05) is 32.0 Å². The second kappa shape index (κ2) is 9.77. The van der Waals surface area contributed by atoms with E-state index in [1.165, 1.54) is 5.56 Å². The smallest absolute Gasteiger partial charge is 0.0945 e. The Labute approximate surface area is 128 Å². The number of ether oxygens (including phenoxy) is 2. The molecule has 1 unspecified atom stereocenters. The van der Waals surface area contributed by atoms with E-state index in [9.17, 15) is 5.11 Å². The second-order valence-electron chi connectivity index (χ2n) is 5.77. The standard InChI is InChI=1S/C17H29NO3/c1-13(2)16-7-5-6-8-17(16)18-11-15(19)12-20-9-10-21-14(3)4/h5-8,13-15,18-19H,9-12H2,1-4H3. The summed E-state index contributed by atoms with van der Waals surface area (Å²) in [5, 5.41) is 13.2. The SMILES string of the molecule is CC(C)OCCOCC(O)CNc1ccccc1C(C)C. The van der Waals surface area contributed by atoms with E-state index in [1.54, 1.807) is 0 Å². The van der Waals surface area contributed by atoms with Crippen molar-refractivity contribution < 1.29 is 14.6 Å². The van der Waals surface area contributed by atoms with Crippen LogP contribution >= 0.6 is 0 Å². The lowest BCUT2D eigenvalue weighted by Gasteiger charge is -2.17. The molecule has 0 aliphatic rings. The third kappa shape index (κ3) is 7.46. The number of aliphatic hydroxyl groups is 1. The average molecular weight is 295 g/mol. The van der Waals surface area contributed by atoms with Crippen LogP contribution in [0.2, 0.25) is 0 Å². The Morgan fingerprint density at radius 3 is 2.48 bits per heavy atom. The van der Waals surface area contributed by atoms with Crippen molar-refractivity contribution in [2.24, 2.45) is 0 Å². The molecule has 1 rings (SSSR count). The minimum atomic E-state index is -0.524. The fraction of sp³-hybridized carbons (Fsp3) is 0.647. The molecular formula is C17H29NO3. The Morgan fingerprint density at radius 2 is 1.81 bits per heavy atom. The fourth-order valence-corrected chi connectivity index (χ4v) is 2.01. The van der Waals surface area contributed by atoms with Gasteiger partial charge in [-0.05, 0) is 31.4 Å². The highest BCUT2D eigenvalue weighted by atomic mass is 16.5. The van der Waals surface area contributed by atoms with Crippen LogP contribution in [0.25, 0.3) is 0 Å². The molecule has 0 amide bonds. The lowest BCUT2D eigenvalue weighted by Crippen LogP contribution is -2.26. The van der Waals surface area contributed by atoms with Gasteiger partial charge in [0.25, 0.3) is 0 Å². The van der Waals surface area contributed by atoms with Crippen molar-refractivity contribution in [3.63, 3.8) is 0 Å². The van der Waals surface area contributed by atoms with Crippen LogP contribution in [0.3, 0.4) is 0 Å². The number of rotatable bonds is 10. The first kappa shape index (κ1) is 18.0. The molecule has 0 radical (unpaired) electrons. The summed E-state index contributed by atoms with van der Waals surface area (Å²) in [5.41, 5.74) is 2.34. The van der Waals surface area contributed by atoms with Gasteiger partial charge in [0.05, 0.1) is 32.0 Å². The normalized spacial score (nSPS) is 12.9. The summed E-state index contributed by atoms with van der Waals surface area (Å²) in [6, 6.07) is 8.19. The van der Waals surface area contributed by atoms with Gasteiger partial charge in [-0.3, -0.25) is 0 Å². The molecule has 0 aliphatic carbocycles. The number of benzene rings is 1. The van der Waals surface area contributed by atoms with Gasteiger partial charge in [-0.15, -0.1) is 0 Å². The van der Waals surface area contributed by atoms with Gasteiger partial charge in [0.1, 0.15) is 0 Å². The van der Waals surface area contributed by atoms with Crippen LogP contribution in [0.1, 0.15) is 39.2 Å². The Morgan fingerprint density at radius 1 is 1.10 bits per heavy atom. The highest BCUT2D eigenvalue weighted by Crippen LogP contribution is 2.23. The first-order chi connectivity index (χ1) is 10.0. The third-order valence-electron chi connectivity index (χ3n) is 3.10. The zero-order chi connectivity index (χ0) is 15.7. The maximum atomic E-state index is 9.92. The maximum Gasteiger partial charge on any atom is 0.0945 e. The van der Waals surface area contributed by atoms with Gasteiger partial charge in [0.2, 0.25) is 0 Å². The highest BCUT2D eigenvalue weighted by Gasteiger charge is 2.08. The van der Waals surface area contributed by atoms with Crippen LogP contribution in [0.15, 0.2) is 24.3 Å². The molecule has 0 heterocycles. The predicted octanol–water partition coefficient (Wildman–Crippen LogP) is 3.02. The zero-order valence-corrected chi connectivity index (χ0v) is 13.6. The van der Waals surface area contributed by atoms with Gasteiger partial charge >= 0.3 is 0 Å². The molecule has 1 atom stereocenters. The molecular weight excluding hydrogens is 266 g/mol. The molecule has 0 fully saturated rings. The van der Waals surface area contributed by atoms with E-state index < -0.39 is 6.10 Å². The van der Waals surface area contributed by atoms with E-state index in [0.29, 0.717) is 32.3 Å². The number of para-hydroxylation sites is 1. The molecule has 4 heteroatoms. The first-order valence-corrected chi connectivity index (χ1v) is 7.71. The lowest BCUT2D eigenvalue weighted by atomic mass is 10.0. The van der Waals surface area contributed by atoms with E-state index in [0.717, 1.165) is 5.69 Å². The number of hydrogen-bond donors (Lipinski definition) is 2. The number of anilines is 1. The van der Waals surface area contributed by atoms with Crippen LogP contribution in [0.5, 0.6) is 0 Å². The Kier molecular flexibility index (Phi) is 8.35. The van der Waals surface area contributed by atoms with Crippen molar-refractivity contribution >= 4 is 5.69 Å². The summed E-state index contributed by atoms with van der Waals surface area (Å²) in [6.07, 6.45) is -0.308. The molecule has 0 aromatic heterocycles. The van der Waals surface area contributed by atoms with Crippen molar-refractivity contribution in [2.45, 2.75) is 45.8 Å². The van der Waals surface area contributed by atoms with Gasteiger partial charge in [-0.25, -0.2) is 0 Å². The summed E-state index contributed by atoms with van der Waals surface area (Å²) in [4.78, 5) is 0. The molecule has 0 saturated heterocycles. The van der Waals surface area contributed by atoms with Gasteiger partial charge in [0, 0.05) is 12.2 Å². The molecule has 0 saturated carbocycles. The highest BCUT2D eigenvalue weighted by molar-refractivity contribution is 5.52. The Balaban J connectivity index is 2.25. The van der Waals surface area contributed by atoms with Crippen molar-refractivity contribution in [3.05, 3.63) is 29.8 Å². The molecule has 1 aromatic rings. The molecule has 2 N–H and O–H groups in total. The lowest BCUT2D eigenvalue weighted by molar-refractivity contribution is -0.00734. The van der Waals surface area contributed by atoms with Crippen molar-refractivity contribution in [3.8, 4) is 0 Å². The summed E-state index contributed by atoms with van der Waals surface area (Å²) in [5.74, 6) is 0.454. The Bertz CT molecular complexity index is 393. The molecule has 0 aliphatic heterocycles. The molecule has 120 valence electrons. The molecule has 0 spiro atoms.